The number of rotatable bonds is 4. The number of hydrogen-bond donors (Lipinski definition) is 1. The van der Waals surface area contributed by atoms with E-state index in [0.717, 1.165) is 5.56 Å². The van der Waals surface area contributed by atoms with Crippen LogP contribution in [-0.2, 0) is 9.53 Å². The highest BCUT2D eigenvalue weighted by Crippen LogP contribution is 2.33. The van der Waals surface area contributed by atoms with E-state index in [0.29, 0.717) is 22.8 Å². The van der Waals surface area contributed by atoms with Gasteiger partial charge in [0.2, 0.25) is 0 Å². The van der Waals surface area contributed by atoms with Crippen molar-refractivity contribution in [2.75, 3.05) is 14.2 Å². The monoisotopic (exact) mass is 352 g/mol. The minimum atomic E-state index is -0.606. The molecule has 0 aliphatic carbocycles. The molecule has 6 nitrogen and oxygen atoms in total. The summed E-state index contributed by atoms with van der Waals surface area (Å²) in [4.78, 5) is 25.9. The summed E-state index contributed by atoms with van der Waals surface area (Å²) in [6.45, 7) is 1.72. The molecule has 0 aromatic heterocycles. The molecule has 1 N–H and O–H groups in total. The lowest BCUT2D eigenvalue weighted by Gasteiger charge is -2.33. The highest BCUT2D eigenvalue weighted by Gasteiger charge is 2.34. The summed E-state index contributed by atoms with van der Waals surface area (Å²) in [7, 11) is 2.93. The molecule has 3 rings (SSSR count). The number of para-hydroxylation sites is 1. The third-order valence-corrected chi connectivity index (χ3v) is 4.33. The zero-order valence-electron chi connectivity index (χ0n) is 14.9. The summed E-state index contributed by atoms with van der Waals surface area (Å²) in [5.74, 6) is 0.842. The standard InChI is InChI=1S/C20H20N2O4/c1-13-17(19(23)25-3)18(21-20(24)22(13)2)14-8-7-11-16(12-14)26-15-9-5-4-6-10-15/h4-12,18H,1-3H3,(H,21,24)/t18-/m0/s1. The van der Waals surface area contributed by atoms with E-state index < -0.39 is 12.0 Å². The van der Waals surface area contributed by atoms with Crippen LogP contribution in [0.5, 0.6) is 11.5 Å². The molecule has 1 aliphatic heterocycles. The van der Waals surface area contributed by atoms with Crippen molar-refractivity contribution in [1.29, 1.82) is 0 Å². The van der Waals surface area contributed by atoms with Gasteiger partial charge in [0.05, 0.1) is 18.7 Å². The van der Waals surface area contributed by atoms with E-state index in [4.69, 9.17) is 9.47 Å². The first-order chi connectivity index (χ1) is 12.5. The molecule has 1 atom stereocenters. The number of carbonyl (C=O) groups excluding carboxylic acids is 2. The predicted octanol–water partition coefficient (Wildman–Crippen LogP) is 3.62. The van der Waals surface area contributed by atoms with E-state index in [1.54, 1.807) is 20.0 Å². The molecule has 134 valence electrons. The quantitative estimate of drug-likeness (QED) is 0.854. The molecule has 26 heavy (non-hydrogen) atoms. The van der Waals surface area contributed by atoms with Gasteiger partial charge < -0.3 is 19.7 Å². The van der Waals surface area contributed by atoms with Gasteiger partial charge in [-0.1, -0.05) is 30.3 Å². The lowest BCUT2D eigenvalue weighted by atomic mass is 9.95. The van der Waals surface area contributed by atoms with Crippen molar-refractivity contribution < 1.29 is 19.1 Å². The molecular weight excluding hydrogens is 332 g/mol. The Morgan fingerprint density at radius 1 is 1.08 bits per heavy atom. The number of nitrogens with one attached hydrogen (secondary N) is 1. The first-order valence-electron chi connectivity index (χ1n) is 8.17. The van der Waals surface area contributed by atoms with E-state index in [1.807, 2.05) is 48.5 Å². The summed E-state index contributed by atoms with van der Waals surface area (Å²) in [6, 6.07) is 15.8. The van der Waals surface area contributed by atoms with Crippen molar-refractivity contribution in [3.05, 3.63) is 71.4 Å². The summed E-state index contributed by atoms with van der Waals surface area (Å²) >= 11 is 0. The number of carbonyl (C=O) groups is 2. The number of urea groups is 1. The van der Waals surface area contributed by atoms with Crippen LogP contribution in [0.25, 0.3) is 0 Å². The van der Waals surface area contributed by atoms with Crippen molar-refractivity contribution in [3.63, 3.8) is 0 Å². The van der Waals surface area contributed by atoms with Crippen LogP contribution < -0.4 is 10.1 Å². The SMILES string of the molecule is COC(=O)C1=C(C)N(C)C(=O)N[C@H]1c1cccc(Oc2ccccc2)c1. The van der Waals surface area contributed by atoms with E-state index in [2.05, 4.69) is 5.32 Å². The fourth-order valence-corrected chi connectivity index (χ4v) is 2.84. The summed E-state index contributed by atoms with van der Waals surface area (Å²) in [6.07, 6.45) is 0. The Morgan fingerprint density at radius 2 is 1.77 bits per heavy atom. The molecule has 2 aromatic rings. The minimum Gasteiger partial charge on any atom is -0.466 e. The second-order valence-corrected chi connectivity index (χ2v) is 5.92. The molecule has 0 saturated carbocycles. The number of allylic oxidation sites excluding steroid dienone is 1. The normalized spacial score (nSPS) is 17.0. The minimum absolute atomic E-state index is 0.283. The van der Waals surface area contributed by atoms with Gasteiger partial charge in [-0.25, -0.2) is 9.59 Å². The van der Waals surface area contributed by atoms with E-state index in [9.17, 15) is 9.59 Å². The molecular formula is C20H20N2O4. The van der Waals surface area contributed by atoms with Crippen molar-refractivity contribution in [1.82, 2.24) is 10.2 Å². The number of esters is 1. The van der Waals surface area contributed by atoms with Crippen LogP contribution in [0.4, 0.5) is 4.79 Å². The second-order valence-electron chi connectivity index (χ2n) is 5.92. The first kappa shape index (κ1) is 17.5. The maximum absolute atomic E-state index is 12.3. The lowest BCUT2D eigenvalue weighted by molar-refractivity contribution is -0.136. The highest BCUT2D eigenvalue weighted by atomic mass is 16.5. The molecule has 1 aliphatic rings. The molecule has 0 saturated heterocycles. The van der Waals surface area contributed by atoms with Crippen LogP contribution >= 0.6 is 0 Å². The van der Waals surface area contributed by atoms with Gasteiger partial charge in [-0.15, -0.1) is 0 Å². The van der Waals surface area contributed by atoms with Gasteiger partial charge in [0.15, 0.2) is 0 Å². The van der Waals surface area contributed by atoms with Crippen molar-refractivity contribution >= 4 is 12.0 Å². The summed E-state index contributed by atoms with van der Waals surface area (Å²) in [5, 5.41) is 2.84. The van der Waals surface area contributed by atoms with Crippen LogP contribution in [0, 0.1) is 0 Å². The van der Waals surface area contributed by atoms with Gasteiger partial charge in [0, 0.05) is 12.7 Å². The molecule has 2 aromatic carbocycles. The van der Waals surface area contributed by atoms with Gasteiger partial charge in [0.25, 0.3) is 0 Å². The molecule has 0 spiro atoms. The predicted molar refractivity (Wildman–Crippen MR) is 96.7 cm³/mol. The van der Waals surface area contributed by atoms with Crippen molar-refractivity contribution in [2.45, 2.75) is 13.0 Å². The number of benzene rings is 2. The Bertz CT molecular complexity index is 861. The lowest BCUT2D eigenvalue weighted by Crippen LogP contribution is -2.46. The fraction of sp³-hybridized carbons (Fsp3) is 0.200. The van der Waals surface area contributed by atoms with Crippen LogP contribution in [-0.4, -0.2) is 31.1 Å². The van der Waals surface area contributed by atoms with E-state index in [-0.39, 0.29) is 6.03 Å². The van der Waals surface area contributed by atoms with Gasteiger partial charge in [0.1, 0.15) is 11.5 Å². The van der Waals surface area contributed by atoms with Crippen LogP contribution in [0.1, 0.15) is 18.5 Å². The third-order valence-electron chi connectivity index (χ3n) is 4.33. The smallest absolute Gasteiger partial charge is 0.337 e. The zero-order valence-corrected chi connectivity index (χ0v) is 14.9. The third kappa shape index (κ3) is 3.39. The fourth-order valence-electron chi connectivity index (χ4n) is 2.84. The first-order valence-corrected chi connectivity index (χ1v) is 8.17. The number of amides is 2. The number of hydrogen-bond acceptors (Lipinski definition) is 4. The second kappa shape index (κ2) is 7.31. The zero-order chi connectivity index (χ0) is 18.7. The Labute approximate surface area is 152 Å². The highest BCUT2D eigenvalue weighted by molar-refractivity contribution is 5.94. The van der Waals surface area contributed by atoms with E-state index in [1.165, 1.54) is 12.0 Å². The van der Waals surface area contributed by atoms with Crippen molar-refractivity contribution in [2.24, 2.45) is 0 Å². The Morgan fingerprint density at radius 3 is 2.46 bits per heavy atom. The van der Waals surface area contributed by atoms with Gasteiger partial charge in [-0.2, -0.15) is 0 Å². The molecule has 0 unspecified atom stereocenters. The van der Waals surface area contributed by atoms with Crippen molar-refractivity contribution in [3.8, 4) is 11.5 Å². The van der Waals surface area contributed by atoms with Gasteiger partial charge >= 0.3 is 12.0 Å². The number of ether oxygens (including phenoxy) is 2. The molecule has 0 radical (unpaired) electrons. The molecule has 2 amide bonds. The average molecular weight is 352 g/mol. The molecule has 1 heterocycles. The summed E-state index contributed by atoms with van der Waals surface area (Å²) < 4.78 is 10.8. The number of nitrogens with zero attached hydrogens (tertiary/aromatic N) is 1. The molecule has 6 heteroatoms. The number of methoxy groups -OCH3 is 1. The largest absolute Gasteiger partial charge is 0.466 e. The Balaban J connectivity index is 1.97. The topological polar surface area (TPSA) is 67.9 Å². The average Bonchev–Trinajstić information content (AvgIpc) is 2.66. The van der Waals surface area contributed by atoms with Crippen LogP contribution in [0.3, 0.4) is 0 Å². The maximum Gasteiger partial charge on any atom is 0.337 e. The Kier molecular flexibility index (Phi) is 4.93. The van der Waals surface area contributed by atoms with E-state index >= 15 is 0 Å². The van der Waals surface area contributed by atoms with Gasteiger partial charge in [-0.05, 0) is 36.8 Å². The Hall–Kier alpha value is -3.28. The molecule has 0 fully saturated rings. The summed E-state index contributed by atoms with van der Waals surface area (Å²) in [5.41, 5.74) is 1.69. The van der Waals surface area contributed by atoms with Crippen LogP contribution in [0.2, 0.25) is 0 Å². The maximum atomic E-state index is 12.3. The van der Waals surface area contributed by atoms with Gasteiger partial charge in [-0.3, -0.25) is 0 Å². The molecule has 0 bridgehead atoms. The van der Waals surface area contributed by atoms with Crippen LogP contribution in [0.15, 0.2) is 65.9 Å².